The van der Waals surface area contributed by atoms with Crippen molar-refractivity contribution < 1.29 is 8.78 Å². The molecule has 1 aromatic carbocycles. The fraction of sp³-hybridized carbons (Fsp3) is 0.600. The molecule has 2 rings (SSSR count). The van der Waals surface area contributed by atoms with Crippen LogP contribution in [0, 0.1) is 17.0 Å². The Morgan fingerprint density at radius 2 is 1.78 bits per heavy atom. The van der Waals surface area contributed by atoms with E-state index in [2.05, 4.69) is 13.8 Å². The molecular weight excluding hydrogens is 232 g/mol. The Labute approximate surface area is 107 Å². The van der Waals surface area contributed by atoms with Crippen molar-refractivity contribution in [2.75, 3.05) is 0 Å². The molecule has 2 N–H and O–H groups in total. The highest BCUT2D eigenvalue weighted by Gasteiger charge is 2.43. The quantitative estimate of drug-likeness (QED) is 0.852. The first-order valence-electron chi connectivity index (χ1n) is 6.57. The molecule has 3 heteroatoms. The maximum Gasteiger partial charge on any atom is 0.159 e. The zero-order chi connectivity index (χ0) is 13.4. The fourth-order valence-corrected chi connectivity index (χ4v) is 2.94. The summed E-state index contributed by atoms with van der Waals surface area (Å²) in [4.78, 5) is 0. The van der Waals surface area contributed by atoms with Crippen LogP contribution in [-0.4, -0.2) is 5.54 Å². The second kappa shape index (κ2) is 4.61. The van der Waals surface area contributed by atoms with Crippen LogP contribution in [0.4, 0.5) is 8.78 Å². The monoisotopic (exact) mass is 253 g/mol. The van der Waals surface area contributed by atoms with Gasteiger partial charge in [-0.25, -0.2) is 8.78 Å². The Bertz CT molecular complexity index is 442. The van der Waals surface area contributed by atoms with Crippen molar-refractivity contribution >= 4 is 0 Å². The SMILES string of the molecule is CC1(C)CCCCC1(N)Cc1ccc(F)c(F)c1. The summed E-state index contributed by atoms with van der Waals surface area (Å²) in [6.45, 7) is 4.35. The lowest BCUT2D eigenvalue weighted by atomic mass is 9.61. The van der Waals surface area contributed by atoms with Gasteiger partial charge in [0.25, 0.3) is 0 Å². The van der Waals surface area contributed by atoms with E-state index in [1.807, 2.05) is 0 Å². The van der Waals surface area contributed by atoms with Crippen molar-refractivity contribution in [2.24, 2.45) is 11.1 Å². The van der Waals surface area contributed by atoms with Crippen LogP contribution in [0.2, 0.25) is 0 Å². The molecule has 1 nitrogen and oxygen atoms in total. The molecule has 1 aliphatic carbocycles. The third-order valence-corrected chi connectivity index (χ3v) is 4.53. The number of rotatable bonds is 2. The fourth-order valence-electron chi connectivity index (χ4n) is 2.94. The molecule has 0 aromatic heterocycles. The van der Waals surface area contributed by atoms with Crippen molar-refractivity contribution in [3.8, 4) is 0 Å². The van der Waals surface area contributed by atoms with Gasteiger partial charge in [0.1, 0.15) is 0 Å². The average Bonchev–Trinajstić information content (AvgIpc) is 2.28. The topological polar surface area (TPSA) is 26.0 Å². The van der Waals surface area contributed by atoms with E-state index >= 15 is 0 Å². The van der Waals surface area contributed by atoms with Gasteiger partial charge in [-0.3, -0.25) is 0 Å². The number of hydrogen-bond acceptors (Lipinski definition) is 1. The lowest BCUT2D eigenvalue weighted by molar-refractivity contribution is 0.0989. The molecule has 1 unspecified atom stereocenters. The minimum atomic E-state index is -0.798. The van der Waals surface area contributed by atoms with Gasteiger partial charge in [-0.05, 0) is 42.4 Å². The maximum atomic E-state index is 13.2. The molecule has 0 saturated heterocycles. The first-order chi connectivity index (χ1) is 8.34. The molecule has 0 heterocycles. The van der Waals surface area contributed by atoms with Crippen LogP contribution < -0.4 is 5.73 Å². The van der Waals surface area contributed by atoms with Gasteiger partial charge in [0.05, 0.1) is 0 Å². The number of hydrogen-bond donors (Lipinski definition) is 1. The molecule has 1 aliphatic rings. The van der Waals surface area contributed by atoms with Crippen LogP contribution in [0.3, 0.4) is 0 Å². The Morgan fingerprint density at radius 1 is 1.11 bits per heavy atom. The first kappa shape index (κ1) is 13.5. The standard InChI is InChI=1S/C15H21F2N/c1-14(2)7-3-4-8-15(14,18)10-11-5-6-12(16)13(17)9-11/h5-6,9H,3-4,7-8,10,18H2,1-2H3. The number of benzene rings is 1. The van der Waals surface area contributed by atoms with Gasteiger partial charge in [-0.15, -0.1) is 0 Å². The third kappa shape index (κ3) is 2.41. The zero-order valence-corrected chi connectivity index (χ0v) is 11.1. The van der Waals surface area contributed by atoms with Crippen molar-refractivity contribution in [3.05, 3.63) is 35.4 Å². The molecule has 1 aromatic rings. The van der Waals surface area contributed by atoms with Gasteiger partial charge in [-0.1, -0.05) is 32.8 Å². The Balaban J connectivity index is 2.23. The van der Waals surface area contributed by atoms with E-state index < -0.39 is 11.6 Å². The van der Waals surface area contributed by atoms with Crippen molar-refractivity contribution in [1.29, 1.82) is 0 Å². The molecule has 1 atom stereocenters. The molecule has 0 spiro atoms. The Hall–Kier alpha value is -0.960. The largest absolute Gasteiger partial charge is 0.324 e. The van der Waals surface area contributed by atoms with Crippen molar-refractivity contribution in [1.82, 2.24) is 0 Å². The van der Waals surface area contributed by atoms with E-state index in [9.17, 15) is 8.78 Å². The minimum Gasteiger partial charge on any atom is -0.324 e. The van der Waals surface area contributed by atoms with Gasteiger partial charge < -0.3 is 5.73 Å². The van der Waals surface area contributed by atoms with E-state index in [0.717, 1.165) is 24.8 Å². The van der Waals surface area contributed by atoms with Gasteiger partial charge in [0, 0.05) is 5.54 Å². The number of nitrogens with two attached hydrogens (primary N) is 1. The highest BCUT2D eigenvalue weighted by atomic mass is 19.2. The van der Waals surface area contributed by atoms with E-state index in [4.69, 9.17) is 5.73 Å². The molecule has 1 saturated carbocycles. The van der Waals surface area contributed by atoms with Gasteiger partial charge in [0.2, 0.25) is 0 Å². The summed E-state index contributed by atoms with van der Waals surface area (Å²) in [5.41, 5.74) is 7.04. The lowest BCUT2D eigenvalue weighted by Gasteiger charge is -2.48. The van der Waals surface area contributed by atoms with Crippen LogP contribution >= 0.6 is 0 Å². The normalized spacial score (nSPS) is 27.2. The van der Waals surface area contributed by atoms with Crippen LogP contribution in [0.25, 0.3) is 0 Å². The highest BCUT2D eigenvalue weighted by Crippen LogP contribution is 2.43. The van der Waals surface area contributed by atoms with Crippen molar-refractivity contribution in [2.45, 2.75) is 51.5 Å². The summed E-state index contributed by atoms with van der Waals surface area (Å²) in [5.74, 6) is -1.59. The molecule has 0 aliphatic heterocycles. The molecule has 0 radical (unpaired) electrons. The lowest BCUT2D eigenvalue weighted by Crippen LogP contribution is -2.56. The van der Waals surface area contributed by atoms with Gasteiger partial charge in [0.15, 0.2) is 11.6 Å². The van der Waals surface area contributed by atoms with Gasteiger partial charge >= 0.3 is 0 Å². The summed E-state index contributed by atoms with van der Waals surface area (Å²) in [7, 11) is 0. The minimum absolute atomic E-state index is 0.0378. The summed E-state index contributed by atoms with van der Waals surface area (Å²) in [6, 6.07) is 4.09. The van der Waals surface area contributed by atoms with E-state index in [0.29, 0.717) is 6.42 Å². The van der Waals surface area contributed by atoms with E-state index in [1.165, 1.54) is 18.6 Å². The third-order valence-electron chi connectivity index (χ3n) is 4.53. The van der Waals surface area contributed by atoms with Crippen LogP contribution in [0.15, 0.2) is 18.2 Å². The highest BCUT2D eigenvalue weighted by molar-refractivity contribution is 5.22. The maximum absolute atomic E-state index is 13.2. The molecular formula is C15H21F2N. The molecule has 0 amide bonds. The summed E-state index contributed by atoms with van der Waals surface area (Å²) in [6.07, 6.45) is 4.96. The van der Waals surface area contributed by atoms with Crippen LogP contribution in [0.5, 0.6) is 0 Å². The smallest absolute Gasteiger partial charge is 0.159 e. The predicted molar refractivity (Wildman–Crippen MR) is 69.2 cm³/mol. The van der Waals surface area contributed by atoms with Crippen LogP contribution in [-0.2, 0) is 6.42 Å². The van der Waals surface area contributed by atoms with Gasteiger partial charge in [-0.2, -0.15) is 0 Å². The molecule has 0 bridgehead atoms. The average molecular weight is 253 g/mol. The summed E-state index contributed by atoms with van der Waals surface area (Å²) < 4.78 is 26.2. The Morgan fingerprint density at radius 3 is 2.39 bits per heavy atom. The molecule has 18 heavy (non-hydrogen) atoms. The number of halogens is 2. The predicted octanol–water partition coefficient (Wildman–Crippen LogP) is 3.81. The van der Waals surface area contributed by atoms with E-state index in [-0.39, 0.29) is 11.0 Å². The second-order valence-corrected chi connectivity index (χ2v) is 6.17. The summed E-state index contributed by atoms with van der Waals surface area (Å²) >= 11 is 0. The second-order valence-electron chi connectivity index (χ2n) is 6.17. The molecule has 1 fully saturated rings. The zero-order valence-electron chi connectivity index (χ0n) is 11.1. The van der Waals surface area contributed by atoms with E-state index in [1.54, 1.807) is 6.07 Å². The molecule has 100 valence electrons. The van der Waals surface area contributed by atoms with Crippen molar-refractivity contribution in [3.63, 3.8) is 0 Å². The first-order valence-corrected chi connectivity index (χ1v) is 6.57. The Kier molecular flexibility index (Phi) is 3.45. The van der Waals surface area contributed by atoms with Crippen LogP contribution in [0.1, 0.15) is 45.1 Å². The summed E-state index contributed by atoms with van der Waals surface area (Å²) in [5, 5.41) is 0.